The summed E-state index contributed by atoms with van der Waals surface area (Å²) in [6, 6.07) is 14.2. The lowest BCUT2D eigenvalue weighted by molar-refractivity contribution is 0.582. The molecule has 1 atom stereocenters. The van der Waals surface area contributed by atoms with Gasteiger partial charge in [-0.2, -0.15) is 0 Å². The van der Waals surface area contributed by atoms with Crippen LogP contribution in [0.25, 0.3) is 0 Å². The lowest BCUT2D eigenvalue weighted by Gasteiger charge is -2.07. The van der Waals surface area contributed by atoms with Crippen LogP contribution < -0.4 is 4.72 Å². The van der Waals surface area contributed by atoms with Crippen molar-refractivity contribution in [1.29, 1.82) is 0 Å². The fourth-order valence-electron chi connectivity index (χ4n) is 1.83. The zero-order chi connectivity index (χ0) is 16.0. The Morgan fingerprint density at radius 3 is 2.27 bits per heavy atom. The van der Waals surface area contributed by atoms with Crippen LogP contribution in [0.4, 0.5) is 4.39 Å². The van der Waals surface area contributed by atoms with Crippen LogP contribution in [-0.4, -0.2) is 24.9 Å². The second-order valence-corrected chi connectivity index (χ2v) is 8.02. The van der Waals surface area contributed by atoms with Crippen LogP contribution >= 0.6 is 0 Å². The number of hydrogen-bond acceptors (Lipinski definition) is 3. The fourth-order valence-corrected chi connectivity index (χ4v) is 4.09. The maximum atomic E-state index is 12.8. The van der Waals surface area contributed by atoms with Crippen LogP contribution in [0.3, 0.4) is 0 Å². The molecule has 2 aromatic carbocycles. The molecule has 0 heterocycles. The molecule has 4 nitrogen and oxygen atoms in total. The summed E-state index contributed by atoms with van der Waals surface area (Å²) in [4.78, 5) is 0.667. The van der Waals surface area contributed by atoms with E-state index in [4.69, 9.17) is 0 Å². The van der Waals surface area contributed by atoms with Crippen molar-refractivity contribution >= 4 is 20.8 Å². The first-order valence-corrected chi connectivity index (χ1v) is 9.58. The summed E-state index contributed by atoms with van der Waals surface area (Å²) in [5, 5.41) is 0. The first-order chi connectivity index (χ1) is 10.5. The topological polar surface area (TPSA) is 63.2 Å². The van der Waals surface area contributed by atoms with Crippen LogP contribution in [0, 0.1) is 5.82 Å². The molecule has 0 aliphatic heterocycles. The van der Waals surface area contributed by atoms with Gasteiger partial charge in [-0.3, -0.25) is 4.21 Å². The molecule has 0 bridgehead atoms. The zero-order valence-electron chi connectivity index (χ0n) is 11.7. The van der Waals surface area contributed by atoms with Gasteiger partial charge in [0.25, 0.3) is 0 Å². The Hall–Kier alpha value is -1.57. The number of rotatable bonds is 7. The molecule has 0 aliphatic rings. The molecule has 0 amide bonds. The van der Waals surface area contributed by atoms with Gasteiger partial charge in [0, 0.05) is 17.2 Å². The highest BCUT2D eigenvalue weighted by Gasteiger charge is 2.12. The van der Waals surface area contributed by atoms with Crippen LogP contribution in [0.1, 0.15) is 5.56 Å². The van der Waals surface area contributed by atoms with Gasteiger partial charge in [-0.25, -0.2) is 17.5 Å². The maximum Gasteiger partial charge on any atom is 0.215 e. The largest absolute Gasteiger partial charge is 0.254 e. The van der Waals surface area contributed by atoms with Crippen LogP contribution in [-0.2, 0) is 26.6 Å². The Labute approximate surface area is 131 Å². The highest BCUT2D eigenvalue weighted by Crippen LogP contribution is 2.07. The lowest BCUT2D eigenvalue weighted by atomic mass is 10.2. The summed E-state index contributed by atoms with van der Waals surface area (Å²) in [7, 11) is -4.78. The van der Waals surface area contributed by atoms with Gasteiger partial charge in [0.1, 0.15) is 5.82 Å². The van der Waals surface area contributed by atoms with E-state index >= 15 is 0 Å². The molecule has 2 aromatic rings. The molecule has 0 spiro atoms. The minimum absolute atomic E-state index is 0.0883. The minimum Gasteiger partial charge on any atom is -0.254 e. The number of hydrogen-bond donors (Lipinski definition) is 1. The van der Waals surface area contributed by atoms with E-state index in [2.05, 4.69) is 4.72 Å². The minimum atomic E-state index is -3.53. The molecule has 0 saturated carbocycles. The van der Waals surface area contributed by atoms with Gasteiger partial charge in [-0.05, 0) is 29.8 Å². The molecular formula is C15H16FNO3S2. The third-order valence-corrected chi connectivity index (χ3v) is 5.62. The SMILES string of the molecule is O=[S@@](CCNS(=O)(=O)Cc1ccc(F)cc1)c1ccccc1. The van der Waals surface area contributed by atoms with Crippen LogP contribution in [0.2, 0.25) is 0 Å². The molecule has 2 rings (SSSR count). The summed E-state index contributed by atoms with van der Waals surface area (Å²) in [5.74, 6) is -0.440. The number of halogens is 1. The average molecular weight is 341 g/mol. The van der Waals surface area contributed by atoms with E-state index in [0.717, 1.165) is 0 Å². The van der Waals surface area contributed by atoms with E-state index in [1.807, 2.05) is 6.07 Å². The molecule has 0 aromatic heterocycles. The normalized spacial score (nSPS) is 13.0. The van der Waals surface area contributed by atoms with Gasteiger partial charge in [0.2, 0.25) is 10.0 Å². The Kier molecular flexibility index (Phi) is 5.82. The molecular weight excluding hydrogens is 325 g/mol. The van der Waals surface area contributed by atoms with Crippen molar-refractivity contribution in [3.05, 3.63) is 66.0 Å². The van der Waals surface area contributed by atoms with Crippen molar-refractivity contribution in [3.8, 4) is 0 Å². The van der Waals surface area contributed by atoms with Gasteiger partial charge in [-0.15, -0.1) is 0 Å². The smallest absolute Gasteiger partial charge is 0.215 e. The molecule has 0 unspecified atom stereocenters. The van der Waals surface area contributed by atoms with E-state index < -0.39 is 26.6 Å². The van der Waals surface area contributed by atoms with Crippen molar-refractivity contribution in [1.82, 2.24) is 4.72 Å². The van der Waals surface area contributed by atoms with Crippen molar-refractivity contribution in [2.24, 2.45) is 0 Å². The third kappa shape index (κ3) is 5.32. The number of benzene rings is 2. The van der Waals surface area contributed by atoms with Gasteiger partial charge >= 0.3 is 0 Å². The second-order valence-electron chi connectivity index (χ2n) is 4.64. The summed E-state index contributed by atoms with van der Waals surface area (Å²) in [6.45, 7) is 0.0883. The second kappa shape index (κ2) is 7.62. The summed E-state index contributed by atoms with van der Waals surface area (Å²) >= 11 is 0. The van der Waals surface area contributed by atoms with Gasteiger partial charge in [-0.1, -0.05) is 30.3 Å². The Morgan fingerprint density at radius 1 is 1.00 bits per heavy atom. The Morgan fingerprint density at radius 2 is 1.64 bits per heavy atom. The van der Waals surface area contributed by atoms with Crippen molar-refractivity contribution < 1.29 is 17.0 Å². The van der Waals surface area contributed by atoms with Gasteiger partial charge < -0.3 is 0 Å². The number of nitrogens with one attached hydrogen (secondary N) is 1. The summed E-state index contributed by atoms with van der Waals surface area (Å²) in [5.41, 5.74) is 0.498. The van der Waals surface area contributed by atoms with Gasteiger partial charge in [0.05, 0.1) is 16.6 Å². The van der Waals surface area contributed by atoms with Crippen molar-refractivity contribution in [3.63, 3.8) is 0 Å². The molecule has 22 heavy (non-hydrogen) atoms. The van der Waals surface area contributed by atoms with Crippen molar-refractivity contribution in [2.45, 2.75) is 10.6 Å². The van der Waals surface area contributed by atoms with Crippen molar-refractivity contribution in [2.75, 3.05) is 12.3 Å². The molecule has 0 aliphatic carbocycles. The fraction of sp³-hybridized carbons (Fsp3) is 0.200. The van der Waals surface area contributed by atoms with E-state index in [9.17, 15) is 17.0 Å². The first-order valence-electron chi connectivity index (χ1n) is 6.61. The quantitative estimate of drug-likeness (QED) is 0.838. The third-order valence-electron chi connectivity index (χ3n) is 2.89. The van der Waals surface area contributed by atoms with Gasteiger partial charge in [0.15, 0.2) is 0 Å². The summed E-state index contributed by atoms with van der Waals surface area (Å²) < 4.78 is 50.9. The molecule has 0 radical (unpaired) electrons. The predicted octanol–water partition coefficient (Wildman–Crippen LogP) is 2.05. The lowest BCUT2D eigenvalue weighted by Crippen LogP contribution is -2.29. The molecule has 1 N–H and O–H groups in total. The standard InChI is InChI=1S/C15H16FNO3S2/c16-14-8-6-13(7-9-14)12-22(19,20)17-10-11-21(18)15-4-2-1-3-5-15/h1-9,17H,10-12H2/t21-/m0/s1. The predicted molar refractivity (Wildman–Crippen MR) is 84.7 cm³/mol. The first kappa shape index (κ1) is 16.8. The molecule has 0 saturated heterocycles. The monoisotopic (exact) mass is 341 g/mol. The maximum absolute atomic E-state index is 12.8. The highest BCUT2D eigenvalue weighted by atomic mass is 32.2. The van der Waals surface area contributed by atoms with E-state index in [1.165, 1.54) is 24.3 Å². The summed E-state index contributed by atoms with van der Waals surface area (Å²) in [6.07, 6.45) is 0. The average Bonchev–Trinajstić information content (AvgIpc) is 2.50. The van der Waals surface area contributed by atoms with E-state index in [0.29, 0.717) is 10.5 Å². The molecule has 0 fully saturated rings. The van der Waals surface area contributed by atoms with E-state index in [1.54, 1.807) is 24.3 Å². The zero-order valence-corrected chi connectivity index (χ0v) is 13.4. The Bertz CT molecular complexity index is 731. The molecule has 7 heteroatoms. The number of sulfonamides is 1. The highest BCUT2D eigenvalue weighted by molar-refractivity contribution is 7.88. The molecule has 118 valence electrons. The Balaban J connectivity index is 1.85. The van der Waals surface area contributed by atoms with Crippen LogP contribution in [0.15, 0.2) is 59.5 Å². The van der Waals surface area contributed by atoms with E-state index in [-0.39, 0.29) is 18.1 Å². The van der Waals surface area contributed by atoms with Crippen LogP contribution in [0.5, 0.6) is 0 Å².